The molecule has 2 heterocycles. The number of aromatic nitrogens is 4. The second-order valence-electron chi connectivity index (χ2n) is 4.65. The first kappa shape index (κ1) is 15.3. The molecule has 0 unspecified atom stereocenters. The molecule has 0 atom stereocenters. The number of anilines is 1. The average molecular weight is 335 g/mol. The van der Waals surface area contributed by atoms with Crippen molar-refractivity contribution in [3.63, 3.8) is 0 Å². The van der Waals surface area contributed by atoms with Crippen molar-refractivity contribution in [3.05, 3.63) is 42.4 Å². The summed E-state index contributed by atoms with van der Waals surface area (Å²) in [5.74, 6) is -1.78. The summed E-state index contributed by atoms with van der Waals surface area (Å²) in [4.78, 5) is 20.1. The average Bonchev–Trinajstić information content (AvgIpc) is 2.91. The number of carbonyl (C=O) groups is 1. The molecule has 0 spiro atoms. The number of hydrogen-bond donors (Lipinski definition) is 1. The van der Waals surface area contributed by atoms with E-state index >= 15 is 0 Å². The van der Waals surface area contributed by atoms with Gasteiger partial charge in [0.25, 0.3) is 0 Å². The first-order valence-electron chi connectivity index (χ1n) is 6.55. The van der Waals surface area contributed by atoms with Gasteiger partial charge in [0.2, 0.25) is 5.91 Å². The molecule has 0 saturated carbocycles. The van der Waals surface area contributed by atoms with Crippen molar-refractivity contribution < 1.29 is 13.6 Å². The minimum Gasteiger partial charge on any atom is -0.323 e. The lowest BCUT2D eigenvalue weighted by Gasteiger charge is -2.06. The number of aryl methyl sites for hydroxylation is 1. The minimum absolute atomic E-state index is 0.00301. The lowest BCUT2D eigenvalue weighted by atomic mass is 10.3. The first-order valence-corrected chi connectivity index (χ1v) is 7.53. The molecule has 6 nitrogen and oxygen atoms in total. The van der Waals surface area contributed by atoms with Gasteiger partial charge in [-0.15, -0.1) is 0 Å². The van der Waals surface area contributed by atoms with Crippen molar-refractivity contribution in [2.75, 3.05) is 11.1 Å². The van der Waals surface area contributed by atoms with Crippen molar-refractivity contribution in [2.45, 2.75) is 5.03 Å². The summed E-state index contributed by atoms with van der Waals surface area (Å²) >= 11 is 1.17. The molecule has 1 N–H and O–H groups in total. The molecule has 118 valence electrons. The Labute approximate surface area is 133 Å². The maximum atomic E-state index is 13.5. The lowest BCUT2D eigenvalue weighted by Crippen LogP contribution is -2.15. The Morgan fingerprint density at radius 1 is 1.35 bits per heavy atom. The zero-order valence-electron chi connectivity index (χ0n) is 12.0. The van der Waals surface area contributed by atoms with E-state index in [9.17, 15) is 13.6 Å². The van der Waals surface area contributed by atoms with Crippen LogP contribution in [0.5, 0.6) is 0 Å². The summed E-state index contributed by atoms with van der Waals surface area (Å²) in [6.45, 7) is 0. The van der Waals surface area contributed by atoms with E-state index in [1.165, 1.54) is 18.1 Å². The van der Waals surface area contributed by atoms with E-state index in [1.54, 1.807) is 17.9 Å². The number of rotatable bonds is 4. The van der Waals surface area contributed by atoms with E-state index in [0.29, 0.717) is 10.7 Å². The molecule has 1 aromatic carbocycles. The topological polar surface area (TPSA) is 72.7 Å². The molecule has 2 aromatic heterocycles. The third kappa shape index (κ3) is 3.29. The van der Waals surface area contributed by atoms with Gasteiger partial charge in [-0.05, 0) is 12.1 Å². The maximum Gasteiger partial charge on any atom is 0.234 e. The molecule has 0 aliphatic carbocycles. The van der Waals surface area contributed by atoms with Gasteiger partial charge >= 0.3 is 0 Å². The first-order chi connectivity index (χ1) is 11.0. The van der Waals surface area contributed by atoms with Crippen LogP contribution in [0.2, 0.25) is 0 Å². The number of hydrogen-bond acceptors (Lipinski definition) is 5. The summed E-state index contributed by atoms with van der Waals surface area (Å²) < 4.78 is 28.2. The molecule has 23 heavy (non-hydrogen) atoms. The highest BCUT2D eigenvalue weighted by molar-refractivity contribution is 8.00. The number of nitrogens with zero attached hydrogens (tertiary/aromatic N) is 4. The second-order valence-corrected chi connectivity index (χ2v) is 5.61. The standard InChI is InChI=1S/C14H11F2N5OS/c1-21-13-9(5-19-21)14(18-7-17-13)23-6-12(22)20-11-4-8(15)2-3-10(11)16/h2-5,7H,6H2,1H3,(H,20,22). The van der Waals surface area contributed by atoms with Crippen LogP contribution >= 0.6 is 11.8 Å². The number of nitrogens with one attached hydrogen (secondary N) is 1. The monoisotopic (exact) mass is 335 g/mol. The Bertz CT molecular complexity index is 883. The minimum atomic E-state index is -0.693. The molecular weight excluding hydrogens is 324 g/mol. The third-order valence-electron chi connectivity index (χ3n) is 3.04. The predicted molar refractivity (Wildman–Crippen MR) is 82.0 cm³/mol. The van der Waals surface area contributed by atoms with E-state index in [1.807, 2.05) is 0 Å². The van der Waals surface area contributed by atoms with Crippen molar-refractivity contribution in [3.8, 4) is 0 Å². The predicted octanol–water partition coefficient (Wildman–Crippen LogP) is 2.37. The zero-order valence-corrected chi connectivity index (χ0v) is 12.8. The van der Waals surface area contributed by atoms with Crippen LogP contribution in [0.4, 0.5) is 14.5 Å². The fourth-order valence-electron chi connectivity index (χ4n) is 1.97. The van der Waals surface area contributed by atoms with Crippen LogP contribution in [0.1, 0.15) is 0 Å². The smallest absolute Gasteiger partial charge is 0.234 e. The normalized spacial score (nSPS) is 10.9. The van der Waals surface area contributed by atoms with Crippen LogP contribution in [0.3, 0.4) is 0 Å². The molecule has 0 radical (unpaired) electrons. The van der Waals surface area contributed by atoms with Crippen LogP contribution in [-0.4, -0.2) is 31.4 Å². The SMILES string of the molecule is Cn1ncc2c(SCC(=O)Nc3cc(F)ccc3F)ncnc21. The number of carbonyl (C=O) groups excluding carboxylic acids is 1. The molecule has 0 bridgehead atoms. The molecular formula is C14H11F2N5OS. The Hall–Kier alpha value is -2.55. The number of amides is 1. The summed E-state index contributed by atoms with van der Waals surface area (Å²) in [5.41, 5.74) is 0.462. The molecule has 1 amide bonds. The molecule has 0 fully saturated rings. The second kappa shape index (κ2) is 6.29. The Morgan fingerprint density at radius 2 is 2.17 bits per heavy atom. The van der Waals surface area contributed by atoms with E-state index in [2.05, 4.69) is 20.4 Å². The molecule has 0 aliphatic rings. The van der Waals surface area contributed by atoms with Crippen molar-refractivity contribution in [1.29, 1.82) is 0 Å². The van der Waals surface area contributed by atoms with Gasteiger partial charge in [-0.1, -0.05) is 11.8 Å². The van der Waals surface area contributed by atoms with Gasteiger partial charge in [0, 0.05) is 13.1 Å². The molecule has 3 rings (SSSR count). The zero-order chi connectivity index (χ0) is 16.4. The van der Waals surface area contributed by atoms with Crippen LogP contribution in [0.25, 0.3) is 11.0 Å². The number of fused-ring (bicyclic) bond motifs is 1. The van der Waals surface area contributed by atoms with Gasteiger partial charge in [0.1, 0.15) is 23.0 Å². The van der Waals surface area contributed by atoms with Crippen molar-refractivity contribution in [2.24, 2.45) is 7.05 Å². The summed E-state index contributed by atoms with van der Waals surface area (Å²) in [6, 6.07) is 2.88. The Balaban J connectivity index is 1.70. The quantitative estimate of drug-likeness (QED) is 0.585. The number of halogens is 2. The van der Waals surface area contributed by atoms with Gasteiger partial charge in [-0.25, -0.2) is 18.7 Å². The Morgan fingerprint density at radius 3 is 3.00 bits per heavy atom. The molecule has 3 aromatic rings. The van der Waals surface area contributed by atoms with Crippen LogP contribution in [0, 0.1) is 11.6 Å². The number of benzene rings is 1. The van der Waals surface area contributed by atoms with Crippen LogP contribution in [0.15, 0.2) is 35.7 Å². The lowest BCUT2D eigenvalue weighted by molar-refractivity contribution is -0.113. The Kier molecular flexibility index (Phi) is 4.20. The summed E-state index contributed by atoms with van der Waals surface area (Å²) in [7, 11) is 1.75. The van der Waals surface area contributed by atoms with Gasteiger partial charge in [0.05, 0.1) is 23.0 Å². The third-order valence-corrected chi connectivity index (χ3v) is 4.04. The van der Waals surface area contributed by atoms with E-state index in [-0.39, 0.29) is 11.4 Å². The van der Waals surface area contributed by atoms with Crippen molar-refractivity contribution >= 4 is 34.4 Å². The summed E-state index contributed by atoms with van der Waals surface area (Å²) in [5, 5.41) is 7.74. The number of thioether (sulfide) groups is 1. The molecule has 9 heteroatoms. The van der Waals surface area contributed by atoms with Crippen molar-refractivity contribution in [1.82, 2.24) is 19.7 Å². The van der Waals surface area contributed by atoms with Gasteiger partial charge in [0.15, 0.2) is 5.65 Å². The summed E-state index contributed by atoms with van der Waals surface area (Å²) in [6.07, 6.45) is 3.00. The molecule has 0 aliphatic heterocycles. The molecule has 0 saturated heterocycles. The highest BCUT2D eigenvalue weighted by atomic mass is 32.2. The highest BCUT2D eigenvalue weighted by Gasteiger charge is 2.12. The fraction of sp³-hybridized carbons (Fsp3) is 0.143. The highest BCUT2D eigenvalue weighted by Crippen LogP contribution is 2.24. The largest absolute Gasteiger partial charge is 0.323 e. The van der Waals surface area contributed by atoms with Gasteiger partial charge < -0.3 is 5.32 Å². The van der Waals surface area contributed by atoms with Crippen LogP contribution < -0.4 is 5.32 Å². The van der Waals surface area contributed by atoms with E-state index in [4.69, 9.17) is 0 Å². The van der Waals surface area contributed by atoms with Gasteiger partial charge in [-0.3, -0.25) is 9.48 Å². The maximum absolute atomic E-state index is 13.5. The van der Waals surface area contributed by atoms with E-state index < -0.39 is 17.5 Å². The fourth-order valence-corrected chi connectivity index (χ4v) is 2.73. The van der Waals surface area contributed by atoms with Gasteiger partial charge in [-0.2, -0.15) is 5.10 Å². The van der Waals surface area contributed by atoms with Crippen LogP contribution in [-0.2, 0) is 11.8 Å². The van der Waals surface area contributed by atoms with E-state index in [0.717, 1.165) is 23.6 Å².